The van der Waals surface area contributed by atoms with Crippen LogP contribution in [0.15, 0.2) is 16.5 Å². The highest BCUT2D eigenvalue weighted by Crippen LogP contribution is 2.15. The van der Waals surface area contributed by atoms with Crippen molar-refractivity contribution < 1.29 is 13.9 Å². The first-order valence-corrected chi connectivity index (χ1v) is 6.88. The van der Waals surface area contributed by atoms with Gasteiger partial charge in [-0.25, -0.2) is 0 Å². The minimum absolute atomic E-state index is 0.179. The van der Waals surface area contributed by atoms with Gasteiger partial charge in [-0.2, -0.15) is 0 Å². The van der Waals surface area contributed by atoms with Crippen molar-refractivity contribution >= 4 is 5.91 Å². The Morgan fingerprint density at radius 3 is 2.89 bits per heavy atom. The molecule has 0 unspecified atom stereocenters. The molecule has 0 aromatic carbocycles. The highest BCUT2D eigenvalue weighted by molar-refractivity contribution is 5.91. The lowest BCUT2D eigenvalue weighted by molar-refractivity contribution is 0.0905. The van der Waals surface area contributed by atoms with Gasteiger partial charge in [-0.15, -0.1) is 0 Å². The molecule has 1 N–H and O–H groups in total. The van der Waals surface area contributed by atoms with Crippen molar-refractivity contribution in [2.45, 2.75) is 25.8 Å². The molecule has 0 radical (unpaired) electrons. The number of nitrogens with zero attached hydrogens (tertiary/aromatic N) is 1. The molecule has 0 aliphatic carbocycles. The second-order valence-corrected chi connectivity index (χ2v) is 4.85. The summed E-state index contributed by atoms with van der Waals surface area (Å²) in [4.78, 5) is 14.1. The summed E-state index contributed by atoms with van der Waals surface area (Å²) in [6.45, 7) is 4.04. The Hall–Kier alpha value is -1.33. The summed E-state index contributed by atoms with van der Waals surface area (Å²) in [6, 6.07) is 3.63. The smallest absolute Gasteiger partial charge is 0.287 e. The summed E-state index contributed by atoms with van der Waals surface area (Å²) >= 11 is 0. The number of methoxy groups -OCH3 is 1. The van der Waals surface area contributed by atoms with E-state index in [9.17, 15) is 4.79 Å². The summed E-state index contributed by atoms with van der Waals surface area (Å²) < 4.78 is 10.5. The van der Waals surface area contributed by atoms with Crippen LogP contribution >= 0.6 is 0 Å². The van der Waals surface area contributed by atoms with Crippen LogP contribution in [0.3, 0.4) is 0 Å². The average molecular weight is 266 g/mol. The topological polar surface area (TPSA) is 54.7 Å². The highest BCUT2D eigenvalue weighted by Gasteiger charge is 2.14. The molecule has 1 amide bonds. The normalized spacial score (nSPS) is 16.5. The minimum Gasteiger partial charge on any atom is -0.455 e. The molecule has 1 aromatic rings. The van der Waals surface area contributed by atoms with E-state index in [1.54, 1.807) is 13.2 Å². The predicted molar refractivity (Wildman–Crippen MR) is 72.0 cm³/mol. The number of hydrogen-bond donors (Lipinski definition) is 1. The number of carbonyl (C=O) groups excluding carboxylic acids is 1. The second-order valence-electron chi connectivity index (χ2n) is 4.85. The molecule has 0 saturated carbocycles. The maximum Gasteiger partial charge on any atom is 0.287 e. The van der Waals surface area contributed by atoms with Crippen molar-refractivity contribution in [3.05, 3.63) is 23.7 Å². The first-order chi connectivity index (χ1) is 9.29. The Labute approximate surface area is 113 Å². The number of amides is 1. The van der Waals surface area contributed by atoms with Crippen LogP contribution in [0.2, 0.25) is 0 Å². The van der Waals surface area contributed by atoms with Crippen LogP contribution in [0.5, 0.6) is 0 Å². The first-order valence-electron chi connectivity index (χ1n) is 6.88. The van der Waals surface area contributed by atoms with E-state index in [2.05, 4.69) is 10.2 Å². The maximum absolute atomic E-state index is 11.8. The van der Waals surface area contributed by atoms with E-state index < -0.39 is 0 Å². The standard InChI is InChI=1S/C14H22N2O3/c1-18-10-7-15-14(17)13-6-5-12(19-13)11-16-8-3-2-4-9-16/h5-6H,2-4,7-11H2,1H3,(H,15,17). The molecule has 1 aliphatic rings. The van der Waals surface area contributed by atoms with E-state index in [4.69, 9.17) is 9.15 Å². The zero-order valence-corrected chi connectivity index (χ0v) is 11.5. The van der Waals surface area contributed by atoms with Crippen LogP contribution < -0.4 is 5.32 Å². The molecule has 0 bridgehead atoms. The lowest BCUT2D eigenvalue weighted by atomic mass is 10.1. The number of carbonyl (C=O) groups is 1. The molecule has 106 valence electrons. The van der Waals surface area contributed by atoms with E-state index in [0.29, 0.717) is 18.9 Å². The SMILES string of the molecule is COCCNC(=O)c1ccc(CN2CCCCC2)o1. The number of piperidine rings is 1. The summed E-state index contributed by atoms with van der Waals surface area (Å²) in [5, 5.41) is 2.75. The molecule has 1 aromatic heterocycles. The molecule has 5 heteroatoms. The molecule has 1 saturated heterocycles. The Morgan fingerprint density at radius 1 is 1.37 bits per heavy atom. The van der Waals surface area contributed by atoms with Gasteiger partial charge in [0.25, 0.3) is 5.91 Å². The number of furan rings is 1. The third-order valence-electron chi connectivity index (χ3n) is 3.31. The molecule has 0 spiro atoms. The van der Waals surface area contributed by atoms with Crippen LogP contribution in [0.1, 0.15) is 35.6 Å². The van der Waals surface area contributed by atoms with E-state index in [1.807, 2.05) is 6.07 Å². The Kier molecular flexibility index (Phi) is 5.42. The number of nitrogens with one attached hydrogen (secondary N) is 1. The molecule has 19 heavy (non-hydrogen) atoms. The fourth-order valence-electron chi connectivity index (χ4n) is 2.28. The van der Waals surface area contributed by atoms with Crippen LogP contribution in [-0.2, 0) is 11.3 Å². The van der Waals surface area contributed by atoms with Crippen LogP contribution in [-0.4, -0.2) is 44.2 Å². The van der Waals surface area contributed by atoms with E-state index in [-0.39, 0.29) is 5.91 Å². The van der Waals surface area contributed by atoms with Crippen LogP contribution in [0.4, 0.5) is 0 Å². The maximum atomic E-state index is 11.8. The van der Waals surface area contributed by atoms with Crippen molar-refractivity contribution in [2.75, 3.05) is 33.4 Å². The fraction of sp³-hybridized carbons (Fsp3) is 0.643. The van der Waals surface area contributed by atoms with Gasteiger partial charge in [-0.1, -0.05) is 6.42 Å². The largest absolute Gasteiger partial charge is 0.455 e. The lowest BCUT2D eigenvalue weighted by Gasteiger charge is -2.25. The molecular weight excluding hydrogens is 244 g/mol. The zero-order valence-electron chi connectivity index (χ0n) is 11.5. The van der Waals surface area contributed by atoms with Gasteiger partial charge in [0.1, 0.15) is 5.76 Å². The van der Waals surface area contributed by atoms with Gasteiger partial charge in [0, 0.05) is 13.7 Å². The van der Waals surface area contributed by atoms with Crippen molar-refractivity contribution in [2.24, 2.45) is 0 Å². The van der Waals surface area contributed by atoms with Gasteiger partial charge in [-0.05, 0) is 38.1 Å². The van der Waals surface area contributed by atoms with Crippen LogP contribution in [0.25, 0.3) is 0 Å². The van der Waals surface area contributed by atoms with E-state index in [1.165, 1.54) is 19.3 Å². The van der Waals surface area contributed by atoms with Crippen LogP contribution in [0, 0.1) is 0 Å². The molecule has 2 heterocycles. The summed E-state index contributed by atoms with van der Waals surface area (Å²) in [6.07, 6.45) is 3.83. The lowest BCUT2D eigenvalue weighted by Crippen LogP contribution is -2.29. The monoisotopic (exact) mass is 266 g/mol. The van der Waals surface area contributed by atoms with Crippen molar-refractivity contribution in [3.8, 4) is 0 Å². The number of ether oxygens (including phenoxy) is 1. The molecule has 0 atom stereocenters. The Morgan fingerprint density at radius 2 is 2.16 bits per heavy atom. The Balaban J connectivity index is 1.82. The van der Waals surface area contributed by atoms with Gasteiger partial charge in [0.05, 0.1) is 13.2 Å². The van der Waals surface area contributed by atoms with Gasteiger partial charge in [-0.3, -0.25) is 9.69 Å². The van der Waals surface area contributed by atoms with Gasteiger partial charge in [0.2, 0.25) is 0 Å². The molecule has 1 fully saturated rings. The van der Waals surface area contributed by atoms with Crippen molar-refractivity contribution in [1.29, 1.82) is 0 Å². The minimum atomic E-state index is -0.179. The van der Waals surface area contributed by atoms with Gasteiger partial charge in [0.15, 0.2) is 5.76 Å². The van der Waals surface area contributed by atoms with E-state index in [0.717, 1.165) is 25.4 Å². The third-order valence-corrected chi connectivity index (χ3v) is 3.31. The highest BCUT2D eigenvalue weighted by atomic mass is 16.5. The quantitative estimate of drug-likeness (QED) is 0.795. The summed E-state index contributed by atoms with van der Waals surface area (Å²) in [7, 11) is 1.61. The van der Waals surface area contributed by atoms with Gasteiger partial charge < -0.3 is 14.5 Å². The van der Waals surface area contributed by atoms with Gasteiger partial charge >= 0.3 is 0 Å². The number of likely N-dealkylation sites (tertiary alicyclic amines) is 1. The fourth-order valence-corrected chi connectivity index (χ4v) is 2.28. The van der Waals surface area contributed by atoms with Crippen molar-refractivity contribution in [3.63, 3.8) is 0 Å². The summed E-state index contributed by atoms with van der Waals surface area (Å²) in [5.41, 5.74) is 0. The summed E-state index contributed by atoms with van der Waals surface area (Å²) in [5.74, 6) is 1.06. The molecular formula is C14H22N2O3. The molecule has 5 nitrogen and oxygen atoms in total. The van der Waals surface area contributed by atoms with E-state index >= 15 is 0 Å². The Bertz CT molecular complexity index is 397. The second kappa shape index (κ2) is 7.31. The molecule has 1 aliphatic heterocycles. The number of rotatable bonds is 6. The number of hydrogen-bond acceptors (Lipinski definition) is 4. The average Bonchev–Trinajstić information content (AvgIpc) is 2.89. The zero-order chi connectivity index (χ0) is 13.5. The molecule has 2 rings (SSSR count). The van der Waals surface area contributed by atoms with Crippen molar-refractivity contribution in [1.82, 2.24) is 10.2 Å². The predicted octanol–water partition coefficient (Wildman–Crippen LogP) is 1.64. The first kappa shape index (κ1) is 14.1. The third kappa shape index (κ3) is 4.36.